The maximum atomic E-state index is 11.9. The van der Waals surface area contributed by atoms with E-state index in [-0.39, 0.29) is 18.1 Å². The lowest BCUT2D eigenvalue weighted by Crippen LogP contribution is -2.26. The summed E-state index contributed by atoms with van der Waals surface area (Å²) in [6.07, 6.45) is 6.95. The maximum Gasteiger partial charge on any atom is 0.306 e. The molecule has 0 amide bonds. The highest BCUT2D eigenvalue weighted by atomic mass is 32.2. The van der Waals surface area contributed by atoms with Crippen molar-refractivity contribution in [2.45, 2.75) is 62.8 Å². The molecular formula is C19H29NO3S. The van der Waals surface area contributed by atoms with Crippen molar-refractivity contribution >= 4 is 17.7 Å². The van der Waals surface area contributed by atoms with Crippen LogP contribution in [0.4, 0.5) is 0 Å². The van der Waals surface area contributed by atoms with Gasteiger partial charge in [-0.25, -0.2) is 0 Å². The zero-order valence-electron chi connectivity index (χ0n) is 14.5. The molecule has 0 saturated heterocycles. The Morgan fingerprint density at radius 3 is 2.62 bits per heavy atom. The van der Waals surface area contributed by atoms with E-state index in [1.807, 2.05) is 12.1 Å². The van der Waals surface area contributed by atoms with Crippen LogP contribution in [0, 0.1) is 0 Å². The van der Waals surface area contributed by atoms with E-state index >= 15 is 0 Å². The van der Waals surface area contributed by atoms with Gasteiger partial charge in [-0.2, -0.15) is 11.8 Å². The molecule has 1 aliphatic carbocycles. The van der Waals surface area contributed by atoms with Crippen LogP contribution < -0.4 is 10.5 Å². The SMILES string of the molecule is COc1ccc(CSCC(N)CCC(=O)OC2CCCCC2)cc1. The minimum atomic E-state index is -0.0856. The Balaban J connectivity index is 1.56. The number of methoxy groups -OCH3 is 1. The zero-order valence-corrected chi connectivity index (χ0v) is 15.4. The molecule has 1 unspecified atom stereocenters. The number of carbonyl (C=O) groups is 1. The fourth-order valence-electron chi connectivity index (χ4n) is 2.86. The van der Waals surface area contributed by atoms with Crippen LogP contribution in [0.25, 0.3) is 0 Å². The van der Waals surface area contributed by atoms with Crippen molar-refractivity contribution in [3.8, 4) is 5.75 Å². The van der Waals surface area contributed by atoms with Crippen molar-refractivity contribution in [2.75, 3.05) is 12.9 Å². The van der Waals surface area contributed by atoms with Crippen molar-refractivity contribution in [3.63, 3.8) is 0 Å². The molecule has 1 fully saturated rings. The lowest BCUT2D eigenvalue weighted by molar-refractivity contribution is -0.150. The molecule has 1 aromatic carbocycles. The summed E-state index contributed by atoms with van der Waals surface area (Å²) in [6, 6.07) is 8.11. The van der Waals surface area contributed by atoms with Crippen molar-refractivity contribution in [1.82, 2.24) is 0 Å². The van der Waals surface area contributed by atoms with Gasteiger partial charge in [0.1, 0.15) is 11.9 Å². The molecule has 134 valence electrons. The number of ether oxygens (including phenoxy) is 2. The third-order valence-corrected chi connectivity index (χ3v) is 5.53. The van der Waals surface area contributed by atoms with Crippen LogP contribution in [0.15, 0.2) is 24.3 Å². The third kappa shape index (κ3) is 7.14. The van der Waals surface area contributed by atoms with Crippen LogP contribution in [0.1, 0.15) is 50.5 Å². The normalized spacial score (nSPS) is 16.6. The van der Waals surface area contributed by atoms with Gasteiger partial charge in [-0.15, -0.1) is 0 Å². The summed E-state index contributed by atoms with van der Waals surface area (Å²) in [5.41, 5.74) is 7.37. The summed E-state index contributed by atoms with van der Waals surface area (Å²) >= 11 is 1.80. The van der Waals surface area contributed by atoms with Gasteiger partial charge >= 0.3 is 5.97 Å². The van der Waals surface area contributed by atoms with Crippen molar-refractivity contribution in [2.24, 2.45) is 5.73 Å². The van der Waals surface area contributed by atoms with Crippen LogP contribution in [0.3, 0.4) is 0 Å². The van der Waals surface area contributed by atoms with Gasteiger partial charge < -0.3 is 15.2 Å². The van der Waals surface area contributed by atoms with Gasteiger partial charge in [0.25, 0.3) is 0 Å². The first kappa shape index (κ1) is 19.1. The van der Waals surface area contributed by atoms with Gasteiger partial charge in [0, 0.05) is 24.0 Å². The van der Waals surface area contributed by atoms with Gasteiger partial charge in [0.05, 0.1) is 7.11 Å². The molecule has 1 aliphatic rings. The topological polar surface area (TPSA) is 61.5 Å². The Kier molecular flexibility index (Phi) is 8.47. The summed E-state index contributed by atoms with van der Waals surface area (Å²) < 4.78 is 10.7. The zero-order chi connectivity index (χ0) is 17.2. The number of nitrogens with two attached hydrogens (primary N) is 1. The first-order chi connectivity index (χ1) is 11.7. The number of benzene rings is 1. The van der Waals surface area contributed by atoms with E-state index in [0.717, 1.165) is 30.1 Å². The quantitative estimate of drug-likeness (QED) is 0.684. The molecule has 0 bridgehead atoms. The Morgan fingerprint density at radius 2 is 1.96 bits per heavy atom. The highest BCUT2D eigenvalue weighted by Gasteiger charge is 2.18. The molecule has 5 heteroatoms. The van der Waals surface area contributed by atoms with Gasteiger partial charge in [-0.3, -0.25) is 4.79 Å². The van der Waals surface area contributed by atoms with E-state index in [1.54, 1.807) is 18.9 Å². The molecule has 1 saturated carbocycles. The van der Waals surface area contributed by atoms with E-state index < -0.39 is 0 Å². The van der Waals surface area contributed by atoms with Crippen LogP contribution in [-0.2, 0) is 15.3 Å². The average molecular weight is 352 g/mol. The minimum Gasteiger partial charge on any atom is -0.497 e. The van der Waals surface area contributed by atoms with Crippen molar-refractivity contribution in [3.05, 3.63) is 29.8 Å². The summed E-state index contributed by atoms with van der Waals surface area (Å²) in [7, 11) is 1.67. The molecule has 0 radical (unpaired) electrons. The lowest BCUT2D eigenvalue weighted by atomic mass is 9.98. The molecule has 24 heavy (non-hydrogen) atoms. The second-order valence-corrected chi connectivity index (χ2v) is 7.44. The molecule has 1 aromatic rings. The predicted molar refractivity (Wildman–Crippen MR) is 99.3 cm³/mol. The molecule has 0 spiro atoms. The van der Waals surface area contributed by atoms with E-state index in [4.69, 9.17) is 15.2 Å². The fourth-order valence-corrected chi connectivity index (χ4v) is 3.88. The van der Waals surface area contributed by atoms with E-state index in [2.05, 4.69) is 12.1 Å². The number of carbonyl (C=O) groups excluding carboxylic acids is 1. The monoisotopic (exact) mass is 351 g/mol. The first-order valence-corrected chi connectivity index (χ1v) is 9.98. The Hall–Kier alpha value is -1.20. The van der Waals surface area contributed by atoms with Gasteiger partial charge in [-0.05, 0) is 49.8 Å². The number of esters is 1. The second kappa shape index (κ2) is 10.6. The summed E-state index contributed by atoms with van der Waals surface area (Å²) in [6.45, 7) is 0. The third-order valence-electron chi connectivity index (χ3n) is 4.33. The van der Waals surface area contributed by atoms with Gasteiger partial charge in [0.2, 0.25) is 0 Å². The summed E-state index contributed by atoms with van der Waals surface area (Å²) in [5, 5.41) is 0. The molecule has 4 nitrogen and oxygen atoms in total. The van der Waals surface area contributed by atoms with E-state index in [9.17, 15) is 4.79 Å². The first-order valence-electron chi connectivity index (χ1n) is 8.83. The molecule has 1 atom stereocenters. The Bertz CT molecular complexity index is 486. The van der Waals surface area contributed by atoms with Crippen molar-refractivity contribution < 1.29 is 14.3 Å². The van der Waals surface area contributed by atoms with Crippen LogP contribution in [-0.4, -0.2) is 31.0 Å². The fraction of sp³-hybridized carbons (Fsp3) is 0.632. The molecule has 2 N–H and O–H groups in total. The number of hydrogen-bond donors (Lipinski definition) is 1. The molecule has 0 aromatic heterocycles. The minimum absolute atomic E-state index is 0.0344. The summed E-state index contributed by atoms with van der Waals surface area (Å²) in [5.74, 6) is 2.56. The van der Waals surface area contributed by atoms with Crippen LogP contribution in [0.2, 0.25) is 0 Å². The molecule has 2 rings (SSSR count). The number of hydrogen-bond acceptors (Lipinski definition) is 5. The largest absolute Gasteiger partial charge is 0.497 e. The van der Waals surface area contributed by atoms with Gasteiger partial charge in [-0.1, -0.05) is 18.6 Å². The van der Waals surface area contributed by atoms with E-state index in [0.29, 0.717) is 12.8 Å². The highest BCUT2D eigenvalue weighted by molar-refractivity contribution is 7.98. The Morgan fingerprint density at radius 1 is 1.25 bits per heavy atom. The standard InChI is InChI=1S/C19H29NO3S/c1-22-17-10-7-15(8-11-17)13-24-14-16(20)9-12-19(21)23-18-5-3-2-4-6-18/h7-8,10-11,16,18H,2-6,9,12-14,20H2,1H3. The smallest absolute Gasteiger partial charge is 0.306 e. The predicted octanol–water partition coefficient (Wildman–Crippen LogP) is 3.91. The average Bonchev–Trinajstić information content (AvgIpc) is 2.61. The van der Waals surface area contributed by atoms with Crippen molar-refractivity contribution in [1.29, 1.82) is 0 Å². The number of thioether (sulfide) groups is 1. The molecular weight excluding hydrogens is 322 g/mol. The highest BCUT2D eigenvalue weighted by Crippen LogP contribution is 2.21. The Labute approximate surface area is 149 Å². The van der Waals surface area contributed by atoms with Gasteiger partial charge in [0.15, 0.2) is 0 Å². The second-order valence-electron chi connectivity index (χ2n) is 6.41. The number of rotatable bonds is 9. The van der Waals surface area contributed by atoms with E-state index in [1.165, 1.54) is 24.8 Å². The van der Waals surface area contributed by atoms with Crippen LogP contribution in [0.5, 0.6) is 5.75 Å². The molecule has 0 aliphatic heterocycles. The van der Waals surface area contributed by atoms with Crippen LogP contribution >= 0.6 is 11.8 Å². The molecule has 0 heterocycles. The lowest BCUT2D eigenvalue weighted by Gasteiger charge is -2.22. The maximum absolute atomic E-state index is 11.9. The summed E-state index contributed by atoms with van der Waals surface area (Å²) in [4.78, 5) is 11.9.